The van der Waals surface area contributed by atoms with Crippen LogP contribution in [0.25, 0.3) is 0 Å². The molecule has 1 aromatic heterocycles. The molecule has 0 radical (unpaired) electrons. The molecule has 15 heavy (non-hydrogen) atoms. The van der Waals surface area contributed by atoms with Crippen LogP contribution in [0.5, 0.6) is 0 Å². The fourth-order valence-electron chi connectivity index (χ4n) is 1.10. The molecule has 0 fully saturated rings. The predicted octanol–water partition coefficient (Wildman–Crippen LogP) is 2.85. The third-order valence-electron chi connectivity index (χ3n) is 1.72. The molecule has 6 heteroatoms. The van der Waals surface area contributed by atoms with E-state index >= 15 is 0 Å². The second kappa shape index (κ2) is 4.29. The zero-order valence-corrected chi connectivity index (χ0v) is 12.0. The number of hydrogen-bond donors (Lipinski definition) is 1. The highest BCUT2D eigenvalue weighted by Crippen LogP contribution is 2.31. The van der Waals surface area contributed by atoms with Crippen molar-refractivity contribution in [1.29, 1.82) is 0 Å². The monoisotopic (exact) mass is 341 g/mol. The molecule has 1 amide bonds. The van der Waals surface area contributed by atoms with Gasteiger partial charge in [0.25, 0.3) is 0 Å². The van der Waals surface area contributed by atoms with Gasteiger partial charge in [-0.25, -0.2) is 4.68 Å². The summed E-state index contributed by atoms with van der Waals surface area (Å²) < 4.78 is 2.39. The van der Waals surface area contributed by atoms with E-state index in [2.05, 4.69) is 10.4 Å². The average Bonchev–Trinajstić information content (AvgIpc) is 2.30. The maximum atomic E-state index is 11.0. The number of carbonyl (C=O) groups excluding carboxylic acids is 1. The van der Waals surface area contributed by atoms with E-state index in [4.69, 9.17) is 11.6 Å². The Morgan fingerprint density at radius 1 is 1.53 bits per heavy atom. The lowest BCUT2D eigenvalue weighted by Gasteiger charge is -2.20. The van der Waals surface area contributed by atoms with Crippen LogP contribution in [-0.4, -0.2) is 15.7 Å². The van der Waals surface area contributed by atoms with E-state index in [0.717, 1.165) is 0 Å². The Morgan fingerprint density at radius 2 is 2.07 bits per heavy atom. The Balaban J connectivity index is 3.21. The summed E-state index contributed by atoms with van der Waals surface area (Å²) >= 11 is 8.19. The van der Waals surface area contributed by atoms with Gasteiger partial charge in [-0.2, -0.15) is 5.10 Å². The summed E-state index contributed by atoms with van der Waals surface area (Å²) in [5, 5.41) is 7.42. The van der Waals surface area contributed by atoms with Crippen LogP contribution in [0.2, 0.25) is 5.15 Å². The summed E-state index contributed by atoms with van der Waals surface area (Å²) in [5.74, 6) is -0.150. The third kappa shape index (κ3) is 2.84. The van der Waals surface area contributed by atoms with E-state index in [1.165, 1.54) is 6.92 Å². The molecule has 84 valence electrons. The van der Waals surface area contributed by atoms with Crippen LogP contribution >= 0.6 is 34.2 Å². The Hall–Kier alpha value is -0.300. The number of nitrogens with one attached hydrogen (secondary N) is 1. The lowest BCUT2D eigenvalue weighted by Crippen LogP contribution is -2.23. The van der Waals surface area contributed by atoms with Gasteiger partial charge >= 0.3 is 0 Å². The van der Waals surface area contributed by atoms with Gasteiger partial charge in [0.05, 0.1) is 5.54 Å². The van der Waals surface area contributed by atoms with Gasteiger partial charge in [0.15, 0.2) is 5.15 Å². The first-order chi connectivity index (χ1) is 6.73. The molecule has 0 spiro atoms. The van der Waals surface area contributed by atoms with E-state index < -0.39 is 0 Å². The minimum absolute atomic E-state index is 0.150. The molecule has 0 aliphatic rings. The standard InChI is InChI=1S/C9H13ClIN3O/c1-5(15)12-6-7(10)14(9(2,3)4)13-8(6)11/h1-4H3,(H,12,15). The minimum atomic E-state index is -0.201. The Bertz CT molecular complexity index is 395. The molecule has 0 aliphatic carbocycles. The normalized spacial score (nSPS) is 11.6. The van der Waals surface area contributed by atoms with Gasteiger partial charge in [-0.1, -0.05) is 11.6 Å². The van der Waals surface area contributed by atoms with E-state index in [0.29, 0.717) is 14.5 Å². The molecule has 0 saturated carbocycles. The molecule has 0 bridgehead atoms. The first-order valence-corrected chi connectivity index (χ1v) is 5.91. The summed E-state index contributed by atoms with van der Waals surface area (Å²) in [4.78, 5) is 11.0. The SMILES string of the molecule is CC(=O)Nc1c(I)nn(C(C)(C)C)c1Cl. The van der Waals surface area contributed by atoms with Crippen LogP contribution in [-0.2, 0) is 10.3 Å². The largest absolute Gasteiger partial charge is 0.322 e. The fraction of sp³-hybridized carbons (Fsp3) is 0.556. The molecule has 0 atom stereocenters. The molecule has 0 saturated heterocycles. The third-order valence-corrected chi connectivity index (χ3v) is 2.83. The van der Waals surface area contributed by atoms with E-state index in [1.54, 1.807) is 4.68 Å². The molecule has 0 aromatic carbocycles. The van der Waals surface area contributed by atoms with Crippen LogP contribution in [0, 0.1) is 3.70 Å². The first-order valence-electron chi connectivity index (χ1n) is 4.45. The molecule has 1 aromatic rings. The first kappa shape index (κ1) is 12.8. The van der Waals surface area contributed by atoms with Crippen molar-refractivity contribution >= 4 is 45.8 Å². The molecular formula is C9H13ClIN3O. The highest BCUT2D eigenvalue weighted by atomic mass is 127. The van der Waals surface area contributed by atoms with Crippen molar-refractivity contribution in [3.63, 3.8) is 0 Å². The number of hydrogen-bond acceptors (Lipinski definition) is 2. The number of nitrogens with zero attached hydrogens (tertiary/aromatic N) is 2. The molecule has 4 nitrogen and oxygen atoms in total. The Morgan fingerprint density at radius 3 is 2.40 bits per heavy atom. The fourth-order valence-corrected chi connectivity index (χ4v) is 2.29. The van der Waals surface area contributed by atoms with Crippen molar-refractivity contribution in [2.75, 3.05) is 5.32 Å². The van der Waals surface area contributed by atoms with Gasteiger partial charge in [0.2, 0.25) is 5.91 Å². The minimum Gasteiger partial charge on any atom is -0.322 e. The molecule has 1 rings (SSSR count). The predicted molar refractivity (Wildman–Crippen MR) is 69.3 cm³/mol. The second-order valence-corrected chi connectivity index (χ2v) is 5.60. The van der Waals surface area contributed by atoms with E-state index in [1.807, 2.05) is 43.4 Å². The second-order valence-electron chi connectivity index (χ2n) is 4.22. The van der Waals surface area contributed by atoms with Crippen molar-refractivity contribution < 1.29 is 4.79 Å². The van der Waals surface area contributed by atoms with Gasteiger partial charge in [0, 0.05) is 6.92 Å². The maximum absolute atomic E-state index is 11.0. The van der Waals surface area contributed by atoms with Crippen molar-refractivity contribution in [3.8, 4) is 0 Å². The quantitative estimate of drug-likeness (QED) is 0.799. The summed E-state index contributed by atoms with van der Waals surface area (Å²) in [7, 11) is 0. The number of amides is 1. The number of aromatic nitrogens is 2. The summed E-state index contributed by atoms with van der Waals surface area (Å²) in [5.41, 5.74) is 0.382. The summed E-state index contributed by atoms with van der Waals surface area (Å²) in [6, 6.07) is 0. The maximum Gasteiger partial charge on any atom is 0.221 e. The van der Waals surface area contributed by atoms with Gasteiger partial charge in [-0.3, -0.25) is 4.79 Å². The van der Waals surface area contributed by atoms with E-state index in [9.17, 15) is 4.79 Å². The average molecular weight is 342 g/mol. The van der Waals surface area contributed by atoms with Crippen molar-refractivity contribution in [1.82, 2.24) is 9.78 Å². The summed E-state index contributed by atoms with van der Waals surface area (Å²) in [6.07, 6.45) is 0. The van der Waals surface area contributed by atoms with Gasteiger partial charge in [-0.05, 0) is 43.4 Å². The lowest BCUT2D eigenvalue weighted by atomic mass is 10.1. The molecule has 0 aliphatic heterocycles. The number of halogens is 2. The van der Waals surface area contributed by atoms with Crippen molar-refractivity contribution in [3.05, 3.63) is 8.85 Å². The van der Waals surface area contributed by atoms with Crippen LogP contribution in [0.4, 0.5) is 5.69 Å². The van der Waals surface area contributed by atoms with Crippen molar-refractivity contribution in [2.45, 2.75) is 33.2 Å². The van der Waals surface area contributed by atoms with Crippen LogP contribution < -0.4 is 5.32 Å². The highest BCUT2D eigenvalue weighted by Gasteiger charge is 2.23. The summed E-state index contributed by atoms with van der Waals surface area (Å²) in [6.45, 7) is 7.44. The number of anilines is 1. The Kier molecular flexibility index (Phi) is 3.65. The zero-order valence-electron chi connectivity index (χ0n) is 9.06. The van der Waals surface area contributed by atoms with Crippen LogP contribution in [0.3, 0.4) is 0 Å². The Labute approximate surface area is 108 Å². The van der Waals surface area contributed by atoms with Crippen molar-refractivity contribution in [2.24, 2.45) is 0 Å². The van der Waals surface area contributed by atoms with Gasteiger partial charge < -0.3 is 5.32 Å². The van der Waals surface area contributed by atoms with E-state index in [-0.39, 0.29) is 11.4 Å². The van der Waals surface area contributed by atoms with Crippen LogP contribution in [0.1, 0.15) is 27.7 Å². The lowest BCUT2D eigenvalue weighted by molar-refractivity contribution is -0.114. The molecule has 0 unspecified atom stereocenters. The van der Waals surface area contributed by atoms with Gasteiger partial charge in [0.1, 0.15) is 9.39 Å². The highest BCUT2D eigenvalue weighted by molar-refractivity contribution is 14.1. The zero-order chi connectivity index (χ0) is 11.8. The smallest absolute Gasteiger partial charge is 0.221 e. The number of rotatable bonds is 1. The van der Waals surface area contributed by atoms with Crippen LogP contribution in [0.15, 0.2) is 0 Å². The molecular weight excluding hydrogens is 328 g/mol. The topological polar surface area (TPSA) is 46.9 Å². The van der Waals surface area contributed by atoms with Gasteiger partial charge in [-0.15, -0.1) is 0 Å². The molecule has 1 heterocycles. The number of carbonyl (C=O) groups is 1. The molecule has 1 N–H and O–H groups in total.